The first-order chi connectivity index (χ1) is 18.2. The lowest BCUT2D eigenvalue weighted by atomic mass is 9.73. The van der Waals surface area contributed by atoms with E-state index in [0.29, 0.717) is 24.8 Å². The molecule has 1 unspecified atom stereocenters. The lowest BCUT2D eigenvalue weighted by molar-refractivity contribution is -0.131. The summed E-state index contributed by atoms with van der Waals surface area (Å²) in [6.45, 7) is 6.39. The van der Waals surface area contributed by atoms with Gasteiger partial charge in [0.25, 0.3) is 0 Å². The summed E-state index contributed by atoms with van der Waals surface area (Å²) in [5.41, 5.74) is 3.76. The van der Waals surface area contributed by atoms with E-state index in [-0.39, 0.29) is 17.6 Å². The average Bonchev–Trinajstić information content (AvgIpc) is 2.89. The number of aliphatic hydroxyl groups excluding tert-OH is 1. The van der Waals surface area contributed by atoms with Gasteiger partial charge in [0.05, 0.1) is 12.1 Å². The molecule has 4 atom stereocenters. The maximum absolute atomic E-state index is 12.7. The van der Waals surface area contributed by atoms with Crippen LogP contribution in [0.3, 0.4) is 0 Å². The zero-order chi connectivity index (χ0) is 27.3. The van der Waals surface area contributed by atoms with Crippen molar-refractivity contribution in [3.63, 3.8) is 0 Å². The summed E-state index contributed by atoms with van der Waals surface area (Å²) < 4.78 is 11.6. The van der Waals surface area contributed by atoms with E-state index >= 15 is 0 Å². The van der Waals surface area contributed by atoms with Gasteiger partial charge in [0, 0.05) is 43.4 Å². The van der Waals surface area contributed by atoms with E-state index in [2.05, 4.69) is 36.5 Å². The number of terminal acetylenes is 1. The van der Waals surface area contributed by atoms with Crippen LogP contribution in [-0.4, -0.2) is 53.5 Å². The summed E-state index contributed by atoms with van der Waals surface area (Å²) >= 11 is 0. The van der Waals surface area contributed by atoms with Gasteiger partial charge in [0.1, 0.15) is 11.7 Å². The van der Waals surface area contributed by atoms with Crippen molar-refractivity contribution in [2.75, 3.05) is 13.7 Å². The molecule has 1 aromatic heterocycles. The molecule has 0 bridgehead atoms. The van der Waals surface area contributed by atoms with Gasteiger partial charge in [-0.15, -0.1) is 6.42 Å². The number of carbonyl (C=O) groups is 1. The third-order valence-electron chi connectivity index (χ3n) is 7.75. The first-order valence-corrected chi connectivity index (χ1v) is 13.7. The third-order valence-corrected chi connectivity index (χ3v) is 7.75. The van der Waals surface area contributed by atoms with Crippen molar-refractivity contribution in [3.05, 3.63) is 58.8 Å². The normalized spacial score (nSPS) is 20.0. The Bertz CT molecular complexity index is 1150. The van der Waals surface area contributed by atoms with Gasteiger partial charge < -0.3 is 25.2 Å². The van der Waals surface area contributed by atoms with Crippen molar-refractivity contribution in [1.29, 1.82) is 0 Å². The lowest BCUT2D eigenvalue weighted by Crippen LogP contribution is -2.53. The molecule has 0 radical (unpaired) electrons. The summed E-state index contributed by atoms with van der Waals surface area (Å²) in [5.74, 6) is 3.60. The van der Waals surface area contributed by atoms with Crippen LogP contribution in [0.4, 0.5) is 0 Å². The number of fused-ring (bicyclic) bond motifs is 1. The monoisotopic (exact) mass is 519 g/mol. The van der Waals surface area contributed by atoms with Crippen molar-refractivity contribution < 1.29 is 19.4 Å². The largest absolute Gasteiger partial charge is 0.471 e. The van der Waals surface area contributed by atoms with Crippen molar-refractivity contribution in [2.45, 2.75) is 89.2 Å². The van der Waals surface area contributed by atoms with Crippen LogP contribution in [0.5, 0.6) is 5.88 Å². The Hall–Kier alpha value is -2.92. The van der Waals surface area contributed by atoms with Crippen LogP contribution in [0, 0.1) is 18.3 Å². The fourth-order valence-electron chi connectivity index (χ4n) is 5.36. The van der Waals surface area contributed by atoms with Crippen LogP contribution >= 0.6 is 0 Å². The highest BCUT2D eigenvalue weighted by molar-refractivity contribution is 5.80. The quantitative estimate of drug-likeness (QED) is 0.392. The second-order valence-corrected chi connectivity index (χ2v) is 11.2. The molecule has 4 rings (SSSR count). The number of aliphatic hydroxyl groups is 1. The Kier molecular flexibility index (Phi) is 9.09. The number of pyridine rings is 1. The first kappa shape index (κ1) is 28.1. The minimum atomic E-state index is -0.840. The molecule has 2 aromatic rings. The zero-order valence-electron chi connectivity index (χ0n) is 23.0. The fourth-order valence-corrected chi connectivity index (χ4v) is 5.36. The zero-order valence-corrected chi connectivity index (χ0v) is 23.0. The first-order valence-electron chi connectivity index (χ1n) is 13.7. The van der Waals surface area contributed by atoms with Gasteiger partial charge in [-0.2, -0.15) is 0 Å². The molecule has 1 aliphatic heterocycles. The van der Waals surface area contributed by atoms with Crippen LogP contribution in [-0.2, 0) is 22.4 Å². The molecule has 7 nitrogen and oxygen atoms in total. The standard InChI is InChI=1S/C31H41N3O4/c1-6-22-9-7-10-23(14-22)16-26(34-29(36)21(4)37-5)28(35)19-32-27-17-31(11-8-12-31)38-30-25(27)15-24(18-33-30)13-20(2)3/h1,7,9-10,14-15,18,20-21,26-28,32,35H,8,11-13,16-17,19H2,2-5H3,(H,34,36)/t21?,26-,27-,28+/m0/s1. The Morgan fingerprint density at radius 1 is 1.26 bits per heavy atom. The molecule has 38 heavy (non-hydrogen) atoms. The van der Waals surface area contributed by atoms with Crippen LogP contribution < -0.4 is 15.4 Å². The predicted octanol–water partition coefficient (Wildman–Crippen LogP) is 3.72. The van der Waals surface area contributed by atoms with E-state index in [9.17, 15) is 9.90 Å². The molecule has 3 N–H and O–H groups in total. The van der Waals surface area contributed by atoms with E-state index in [0.717, 1.165) is 48.8 Å². The summed E-state index contributed by atoms with van der Waals surface area (Å²) in [5, 5.41) is 17.9. The fraction of sp³-hybridized carbons (Fsp3) is 0.548. The number of ether oxygens (including phenoxy) is 2. The summed E-state index contributed by atoms with van der Waals surface area (Å²) in [6, 6.07) is 9.30. The summed E-state index contributed by atoms with van der Waals surface area (Å²) in [7, 11) is 1.49. The number of aromatic nitrogens is 1. The molecule has 1 spiro atoms. The van der Waals surface area contributed by atoms with Gasteiger partial charge >= 0.3 is 0 Å². The molecule has 7 heteroatoms. The Morgan fingerprint density at radius 2 is 2.05 bits per heavy atom. The van der Waals surface area contributed by atoms with E-state index in [1.165, 1.54) is 12.7 Å². The molecule has 204 valence electrons. The van der Waals surface area contributed by atoms with Gasteiger partial charge in [-0.05, 0) is 74.3 Å². The average molecular weight is 520 g/mol. The van der Waals surface area contributed by atoms with Crippen molar-refractivity contribution in [2.24, 2.45) is 5.92 Å². The Balaban J connectivity index is 1.52. The molecule has 1 aliphatic carbocycles. The maximum Gasteiger partial charge on any atom is 0.249 e. The molecule has 0 saturated heterocycles. The summed E-state index contributed by atoms with van der Waals surface area (Å²) in [4.78, 5) is 17.4. The lowest BCUT2D eigenvalue weighted by Gasteiger charge is -2.47. The van der Waals surface area contributed by atoms with E-state index in [4.69, 9.17) is 20.9 Å². The minimum Gasteiger partial charge on any atom is -0.471 e. The van der Waals surface area contributed by atoms with Gasteiger partial charge in [0.15, 0.2) is 0 Å². The topological polar surface area (TPSA) is 92.7 Å². The van der Waals surface area contributed by atoms with Crippen molar-refractivity contribution in [1.82, 2.24) is 15.6 Å². The third kappa shape index (κ3) is 6.74. The number of hydrogen-bond donors (Lipinski definition) is 3. The van der Waals surface area contributed by atoms with Crippen LogP contribution in [0.15, 0.2) is 36.5 Å². The van der Waals surface area contributed by atoms with Crippen LogP contribution in [0.1, 0.15) is 74.8 Å². The van der Waals surface area contributed by atoms with Crippen molar-refractivity contribution in [3.8, 4) is 18.2 Å². The Labute approximate surface area is 226 Å². The molecular formula is C31H41N3O4. The highest BCUT2D eigenvalue weighted by Gasteiger charge is 2.46. The van der Waals surface area contributed by atoms with Gasteiger partial charge in [-0.3, -0.25) is 4.79 Å². The van der Waals surface area contributed by atoms with Crippen molar-refractivity contribution >= 4 is 5.91 Å². The Morgan fingerprint density at radius 3 is 2.71 bits per heavy atom. The highest BCUT2D eigenvalue weighted by Crippen LogP contribution is 2.48. The molecule has 1 fully saturated rings. The number of hydrogen-bond acceptors (Lipinski definition) is 6. The molecule has 2 heterocycles. The van der Waals surface area contributed by atoms with Gasteiger partial charge in [-0.25, -0.2) is 4.98 Å². The molecular weight excluding hydrogens is 478 g/mol. The number of carbonyl (C=O) groups excluding carboxylic acids is 1. The number of methoxy groups -OCH3 is 1. The molecule has 2 aliphatic rings. The number of amides is 1. The molecule has 1 amide bonds. The van der Waals surface area contributed by atoms with Crippen LogP contribution in [0.25, 0.3) is 0 Å². The smallest absolute Gasteiger partial charge is 0.249 e. The number of rotatable bonds is 11. The van der Waals surface area contributed by atoms with E-state index in [1.807, 2.05) is 30.5 Å². The summed E-state index contributed by atoms with van der Waals surface area (Å²) in [6.07, 6.45) is 11.4. The highest BCUT2D eigenvalue weighted by atomic mass is 16.5. The minimum absolute atomic E-state index is 0.00679. The van der Waals surface area contributed by atoms with Gasteiger partial charge in [0.2, 0.25) is 11.8 Å². The van der Waals surface area contributed by atoms with E-state index < -0.39 is 18.2 Å². The maximum atomic E-state index is 12.7. The molecule has 1 aromatic carbocycles. The number of benzene rings is 1. The van der Waals surface area contributed by atoms with Gasteiger partial charge in [-0.1, -0.05) is 31.9 Å². The number of nitrogens with zero attached hydrogens (tertiary/aromatic N) is 1. The molecule has 1 saturated carbocycles. The van der Waals surface area contributed by atoms with Crippen LogP contribution in [0.2, 0.25) is 0 Å². The SMILES string of the molecule is C#Cc1cccc(C[C@H](NC(=O)C(C)OC)[C@H](O)CN[C@H]2CC3(CCC3)Oc3ncc(CC(C)C)cc32)c1. The van der Waals surface area contributed by atoms with E-state index in [1.54, 1.807) is 6.92 Å². The predicted molar refractivity (Wildman–Crippen MR) is 148 cm³/mol. The second-order valence-electron chi connectivity index (χ2n) is 11.2. The number of nitrogens with one attached hydrogen (secondary N) is 2. The second kappa shape index (κ2) is 12.3.